The second-order valence-electron chi connectivity index (χ2n) is 4.28. The van der Waals surface area contributed by atoms with Gasteiger partial charge in [0.05, 0.1) is 5.56 Å². The number of carboxylic acids is 1. The molecular weight excluding hydrogens is 282 g/mol. The van der Waals surface area contributed by atoms with Crippen LogP contribution in [0.5, 0.6) is 0 Å². The standard InChI is InChI=1S/C15H12F2O2S/c1-9-5-6-11(7-12(9)15(18)19)20-8-10-3-2-4-13(16)14(10)17/h2-7H,8H2,1H3,(H,18,19). The molecule has 0 saturated heterocycles. The quantitative estimate of drug-likeness (QED) is 0.856. The van der Waals surface area contributed by atoms with Gasteiger partial charge in [-0.25, -0.2) is 13.6 Å². The molecular formula is C15H12F2O2S. The molecule has 0 saturated carbocycles. The fourth-order valence-corrected chi connectivity index (χ4v) is 2.65. The number of aromatic carboxylic acids is 1. The van der Waals surface area contributed by atoms with E-state index in [1.54, 1.807) is 25.1 Å². The summed E-state index contributed by atoms with van der Waals surface area (Å²) < 4.78 is 26.6. The molecule has 0 heterocycles. The summed E-state index contributed by atoms with van der Waals surface area (Å²) in [7, 11) is 0. The number of halogens is 2. The molecule has 0 aliphatic heterocycles. The van der Waals surface area contributed by atoms with Crippen LogP contribution in [0.4, 0.5) is 8.78 Å². The van der Waals surface area contributed by atoms with Crippen LogP contribution in [-0.4, -0.2) is 11.1 Å². The van der Waals surface area contributed by atoms with Crippen molar-refractivity contribution in [1.82, 2.24) is 0 Å². The van der Waals surface area contributed by atoms with Crippen LogP contribution in [0.3, 0.4) is 0 Å². The van der Waals surface area contributed by atoms with E-state index >= 15 is 0 Å². The number of rotatable bonds is 4. The van der Waals surface area contributed by atoms with Crippen molar-refractivity contribution < 1.29 is 18.7 Å². The van der Waals surface area contributed by atoms with E-state index in [1.165, 1.54) is 23.9 Å². The first-order valence-corrected chi connectivity index (χ1v) is 6.87. The van der Waals surface area contributed by atoms with Crippen molar-refractivity contribution >= 4 is 17.7 Å². The van der Waals surface area contributed by atoms with Gasteiger partial charge in [-0.2, -0.15) is 0 Å². The number of hydrogen-bond acceptors (Lipinski definition) is 2. The Morgan fingerprint density at radius 2 is 2.00 bits per heavy atom. The third-order valence-electron chi connectivity index (χ3n) is 2.87. The molecule has 0 spiro atoms. The van der Waals surface area contributed by atoms with Gasteiger partial charge in [0.15, 0.2) is 11.6 Å². The molecule has 0 radical (unpaired) electrons. The maximum Gasteiger partial charge on any atom is 0.335 e. The van der Waals surface area contributed by atoms with E-state index in [9.17, 15) is 13.6 Å². The summed E-state index contributed by atoms with van der Waals surface area (Å²) in [5, 5.41) is 9.04. The highest BCUT2D eigenvalue weighted by atomic mass is 32.2. The first kappa shape index (κ1) is 14.5. The minimum Gasteiger partial charge on any atom is -0.478 e. The van der Waals surface area contributed by atoms with Crippen molar-refractivity contribution in [1.29, 1.82) is 0 Å². The number of carboxylic acid groups (broad SMARTS) is 1. The highest BCUT2D eigenvalue weighted by molar-refractivity contribution is 7.98. The third-order valence-corrected chi connectivity index (χ3v) is 3.91. The van der Waals surface area contributed by atoms with E-state index in [0.29, 0.717) is 10.5 Å². The summed E-state index contributed by atoms with van der Waals surface area (Å²) in [5.41, 5.74) is 1.14. The Hall–Kier alpha value is -1.88. The molecule has 20 heavy (non-hydrogen) atoms. The van der Waals surface area contributed by atoms with Gasteiger partial charge >= 0.3 is 5.97 Å². The second kappa shape index (κ2) is 6.05. The first-order chi connectivity index (χ1) is 9.49. The maximum absolute atomic E-state index is 13.5. The molecule has 1 N–H and O–H groups in total. The Morgan fingerprint density at radius 3 is 2.70 bits per heavy atom. The molecule has 0 fully saturated rings. The molecule has 0 amide bonds. The van der Waals surface area contributed by atoms with Gasteiger partial charge in [-0.1, -0.05) is 18.2 Å². The number of carbonyl (C=O) groups is 1. The predicted octanol–water partition coefficient (Wildman–Crippen LogP) is 4.26. The Morgan fingerprint density at radius 1 is 1.25 bits per heavy atom. The molecule has 0 atom stereocenters. The van der Waals surface area contributed by atoms with Gasteiger partial charge in [0.25, 0.3) is 0 Å². The minimum atomic E-state index is -0.998. The van der Waals surface area contributed by atoms with E-state index < -0.39 is 17.6 Å². The van der Waals surface area contributed by atoms with E-state index in [4.69, 9.17) is 5.11 Å². The van der Waals surface area contributed by atoms with E-state index in [-0.39, 0.29) is 16.9 Å². The Labute approximate surface area is 119 Å². The van der Waals surface area contributed by atoms with Gasteiger partial charge < -0.3 is 5.11 Å². The molecule has 0 unspecified atom stereocenters. The molecule has 0 aliphatic carbocycles. The number of benzene rings is 2. The van der Waals surface area contributed by atoms with E-state index in [2.05, 4.69) is 0 Å². The van der Waals surface area contributed by atoms with Gasteiger partial charge in [-0.05, 0) is 30.7 Å². The van der Waals surface area contributed by atoms with Crippen molar-refractivity contribution in [2.24, 2.45) is 0 Å². The summed E-state index contributed by atoms with van der Waals surface area (Å²) in [5.74, 6) is -2.49. The number of aryl methyl sites for hydroxylation is 1. The normalized spacial score (nSPS) is 10.6. The van der Waals surface area contributed by atoms with Gasteiger partial charge in [0.1, 0.15) is 0 Å². The monoisotopic (exact) mass is 294 g/mol. The zero-order valence-corrected chi connectivity index (χ0v) is 11.5. The highest BCUT2D eigenvalue weighted by Gasteiger charge is 2.10. The van der Waals surface area contributed by atoms with Crippen LogP contribution in [0.1, 0.15) is 21.5 Å². The molecule has 0 bridgehead atoms. The molecule has 0 aliphatic rings. The maximum atomic E-state index is 13.5. The molecule has 2 nitrogen and oxygen atoms in total. The van der Waals surface area contributed by atoms with Crippen molar-refractivity contribution in [3.8, 4) is 0 Å². The Balaban J connectivity index is 2.17. The molecule has 2 aromatic rings. The molecule has 2 rings (SSSR count). The van der Waals surface area contributed by atoms with E-state index in [1.807, 2.05) is 0 Å². The van der Waals surface area contributed by atoms with E-state index in [0.717, 1.165) is 6.07 Å². The summed E-state index contributed by atoms with van der Waals surface area (Å²) in [6.07, 6.45) is 0. The van der Waals surface area contributed by atoms with Crippen LogP contribution in [0.15, 0.2) is 41.3 Å². The Bertz CT molecular complexity index is 656. The summed E-state index contributed by atoms with van der Waals surface area (Å²) in [4.78, 5) is 11.7. The lowest BCUT2D eigenvalue weighted by molar-refractivity contribution is 0.0696. The van der Waals surface area contributed by atoms with Crippen LogP contribution in [-0.2, 0) is 5.75 Å². The second-order valence-corrected chi connectivity index (χ2v) is 5.33. The molecule has 0 aromatic heterocycles. The van der Waals surface area contributed by atoms with Crippen molar-refractivity contribution in [3.63, 3.8) is 0 Å². The average molecular weight is 294 g/mol. The van der Waals surface area contributed by atoms with Gasteiger partial charge in [-0.3, -0.25) is 0 Å². The third kappa shape index (κ3) is 3.17. The SMILES string of the molecule is Cc1ccc(SCc2cccc(F)c2F)cc1C(=O)O. The summed E-state index contributed by atoms with van der Waals surface area (Å²) in [6.45, 7) is 1.71. The molecule has 104 valence electrons. The largest absolute Gasteiger partial charge is 0.478 e. The zero-order valence-electron chi connectivity index (χ0n) is 10.7. The Kier molecular flexibility index (Phi) is 4.39. The smallest absolute Gasteiger partial charge is 0.335 e. The minimum absolute atomic E-state index is 0.217. The van der Waals surface area contributed by atoms with Crippen molar-refractivity contribution in [3.05, 3.63) is 64.7 Å². The van der Waals surface area contributed by atoms with Crippen molar-refractivity contribution in [2.75, 3.05) is 0 Å². The molecule has 5 heteroatoms. The summed E-state index contributed by atoms with van der Waals surface area (Å²) >= 11 is 1.27. The number of thioether (sulfide) groups is 1. The summed E-state index contributed by atoms with van der Waals surface area (Å²) in [6, 6.07) is 9.04. The van der Waals surface area contributed by atoms with Crippen LogP contribution in [0.25, 0.3) is 0 Å². The zero-order chi connectivity index (χ0) is 14.7. The lowest BCUT2D eigenvalue weighted by atomic mass is 10.1. The van der Waals surface area contributed by atoms with Crippen LogP contribution >= 0.6 is 11.8 Å². The molecule has 2 aromatic carbocycles. The fourth-order valence-electron chi connectivity index (χ4n) is 1.74. The van der Waals surface area contributed by atoms with Crippen molar-refractivity contribution in [2.45, 2.75) is 17.6 Å². The topological polar surface area (TPSA) is 37.3 Å². The lowest BCUT2D eigenvalue weighted by Gasteiger charge is -2.06. The highest BCUT2D eigenvalue weighted by Crippen LogP contribution is 2.26. The lowest BCUT2D eigenvalue weighted by Crippen LogP contribution is -1.99. The van der Waals surface area contributed by atoms with Gasteiger partial charge in [-0.15, -0.1) is 11.8 Å². The average Bonchev–Trinajstić information content (AvgIpc) is 2.41. The van der Waals surface area contributed by atoms with Crippen LogP contribution < -0.4 is 0 Å². The predicted molar refractivity (Wildman–Crippen MR) is 74.1 cm³/mol. The fraction of sp³-hybridized carbons (Fsp3) is 0.133. The van der Waals surface area contributed by atoms with Gasteiger partial charge in [0.2, 0.25) is 0 Å². The number of hydrogen-bond donors (Lipinski definition) is 1. The van der Waals surface area contributed by atoms with Gasteiger partial charge in [0, 0.05) is 16.2 Å². The van der Waals surface area contributed by atoms with Crippen LogP contribution in [0.2, 0.25) is 0 Å². The van der Waals surface area contributed by atoms with Crippen LogP contribution in [0, 0.1) is 18.6 Å². The first-order valence-electron chi connectivity index (χ1n) is 5.88.